The van der Waals surface area contributed by atoms with E-state index in [0.29, 0.717) is 29.1 Å². The van der Waals surface area contributed by atoms with Gasteiger partial charge in [-0.3, -0.25) is 4.79 Å². The summed E-state index contributed by atoms with van der Waals surface area (Å²) in [5.74, 6) is 1.54. The van der Waals surface area contributed by atoms with Gasteiger partial charge in [0.2, 0.25) is 0 Å². The average molecular weight is 480 g/mol. The zero-order valence-electron chi connectivity index (χ0n) is 21.2. The molecule has 34 heavy (non-hydrogen) atoms. The van der Waals surface area contributed by atoms with Crippen LogP contribution in [-0.4, -0.2) is 22.2 Å². The highest BCUT2D eigenvalue weighted by molar-refractivity contribution is 6.36. The first-order valence-electron chi connectivity index (χ1n) is 12.9. The molecule has 4 rings (SSSR count). The molecule has 2 aliphatic carbocycles. The first-order chi connectivity index (χ1) is 16.3. The van der Waals surface area contributed by atoms with E-state index in [1.807, 2.05) is 4.68 Å². The fourth-order valence-corrected chi connectivity index (χ4v) is 5.57. The van der Waals surface area contributed by atoms with Crippen molar-refractivity contribution in [2.24, 2.45) is 17.8 Å². The van der Waals surface area contributed by atoms with Gasteiger partial charge in [0.15, 0.2) is 5.69 Å². The molecular formula is C29H38ClN3O. The quantitative estimate of drug-likeness (QED) is 0.348. The van der Waals surface area contributed by atoms with Crippen LogP contribution in [0.5, 0.6) is 0 Å². The number of fused-ring (bicyclic) bond motifs is 3. The van der Waals surface area contributed by atoms with Crippen LogP contribution in [0.15, 0.2) is 35.4 Å². The van der Waals surface area contributed by atoms with Crippen molar-refractivity contribution in [2.75, 3.05) is 6.54 Å². The van der Waals surface area contributed by atoms with E-state index in [1.54, 1.807) is 0 Å². The lowest BCUT2D eigenvalue weighted by molar-refractivity contribution is 0.0940. The Balaban J connectivity index is 1.59. The molecule has 1 heterocycles. The van der Waals surface area contributed by atoms with Crippen molar-refractivity contribution in [3.05, 3.63) is 57.8 Å². The molecule has 0 saturated carbocycles. The summed E-state index contributed by atoms with van der Waals surface area (Å²) in [6.07, 6.45) is 10.7. The molecule has 1 amide bonds. The van der Waals surface area contributed by atoms with Gasteiger partial charge in [-0.2, -0.15) is 5.10 Å². The lowest BCUT2D eigenvalue weighted by Gasteiger charge is -2.17. The molecular weight excluding hydrogens is 442 g/mol. The van der Waals surface area contributed by atoms with Gasteiger partial charge in [0, 0.05) is 24.1 Å². The Labute approximate surface area is 209 Å². The summed E-state index contributed by atoms with van der Waals surface area (Å²) in [6.45, 7) is 11.7. The predicted molar refractivity (Wildman–Crippen MR) is 142 cm³/mol. The maximum Gasteiger partial charge on any atom is 0.272 e. The van der Waals surface area contributed by atoms with Crippen LogP contribution in [0.2, 0.25) is 0 Å². The van der Waals surface area contributed by atoms with Gasteiger partial charge in [-0.25, -0.2) is 4.68 Å². The van der Waals surface area contributed by atoms with E-state index in [9.17, 15) is 4.79 Å². The van der Waals surface area contributed by atoms with Gasteiger partial charge >= 0.3 is 0 Å². The number of nitrogens with one attached hydrogen (secondary N) is 1. The summed E-state index contributed by atoms with van der Waals surface area (Å²) in [5, 5.41) is 8.72. The average Bonchev–Trinajstić information content (AvgIpc) is 3.35. The van der Waals surface area contributed by atoms with Crippen molar-refractivity contribution in [1.82, 2.24) is 15.1 Å². The zero-order valence-corrected chi connectivity index (χ0v) is 22.0. The van der Waals surface area contributed by atoms with Crippen LogP contribution in [0.4, 0.5) is 0 Å². The van der Waals surface area contributed by atoms with E-state index in [4.69, 9.17) is 16.7 Å². The fraction of sp³-hybridized carbons (Fsp3) is 0.517. The number of rotatable bonds is 9. The number of benzene rings is 1. The third-order valence-electron chi connectivity index (χ3n) is 7.50. The molecule has 0 aliphatic heterocycles. The highest BCUT2D eigenvalue weighted by Gasteiger charge is 2.32. The van der Waals surface area contributed by atoms with Crippen LogP contribution >= 0.6 is 11.6 Å². The Morgan fingerprint density at radius 1 is 1.26 bits per heavy atom. The van der Waals surface area contributed by atoms with Gasteiger partial charge in [-0.05, 0) is 43.1 Å². The van der Waals surface area contributed by atoms with Gasteiger partial charge in [0.05, 0.1) is 16.4 Å². The zero-order chi connectivity index (χ0) is 24.4. The molecule has 2 aliphatic rings. The molecule has 1 N–H and O–H groups in total. The molecule has 182 valence electrons. The van der Waals surface area contributed by atoms with E-state index in [1.165, 1.54) is 30.4 Å². The minimum atomic E-state index is -0.0845. The van der Waals surface area contributed by atoms with Gasteiger partial charge in [-0.1, -0.05) is 94.5 Å². The second-order valence-electron chi connectivity index (χ2n) is 10.3. The van der Waals surface area contributed by atoms with Crippen molar-refractivity contribution in [2.45, 2.75) is 73.1 Å². The van der Waals surface area contributed by atoms with Crippen molar-refractivity contribution >= 4 is 23.2 Å². The van der Waals surface area contributed by atoms with Crippen molar-refractivity contribution in [3.8, 4) is 11.3 Å². The van der Waals surface area contributed by atoms with Crippen LogP contribution in [0.3, 0.4) is 0 Å². The third kappa shape index (κ3) is 5.02. The topological polar surface area (TPSA) is 46.9 Å². The molecule has 0 spiro atoms. The van der Waals surface area contributed by atoms with Crippen LogP contribution in [0.25, 0.3) is 17.0 Å². The third-order valence-corrected chi connectivity index (χ3v) is 7.82. The maximum atomic E-state index is 13.4. The number of halogens is 1. The minimum Gasteiger partial charge on any atom is -0.350 e. The second-order valence-corrected chi connectivity index (χ2v) is 10.7. The lowest BCUT2D eigenvalue weighted by Crippen LogP contribution is -2.29. The molecule has 1 aromatic carbocycles. The Morgan fingerprint density at radius 3 is 2.74 bits per heavy atom. The normalized spacial score (nSPS) is 17.8. The van der Waals surface area contributed by atoms with Gasteiger partial charge in [0.1, 0.15) is 0 Å². The van der Waals surface area contributed by atoms with Crippen molar-refractivity contribution < 1.29 is 4.79 Å². The maximum absolute atomic E-state index is 13.4. The summed E-state index contributed by atoms with van der Waals surface area (Å²) < 4.78 is 1.91. The van der Waals surface area contributed by atoms with E-state index in [-0.39, 0.29) is 5.91 Å². The highest BCUT2D eigenvalue weighted by atomic mass is 35.5. The van der Waals surface area contributed by atoms with E-state index < -0.39 is 0 Å². The first kappa shape index (κ1) is 24.8. The molecule has 0 bridgehead atoms. The molecule has 0 fully saturated rings. The van der Waals surface area contributed by atoms with E-state index >= 15 is 0 Å². The molecule has 5 heteroatoms. The Hall–Kier alpha value is -2.33. The molecule has 2 aromatic rings. The second kappa shape index (κ2) is 10.5. The number of hydrogen-bond donors (Lipinski definition) is 1. The smallest absolute Gasteiger partial charge is 0.272 e. The number of carbonyl (C=O) groups excluding carboxylic acids is 1. The monoisotopic (exact) mass is 479 g/mol. The summed E-state index contributed by atoms with van der Waals surface area (Å²) in [4.78, 5) is 13.4. The van der Waals surface area contributed by atoms with E-state index in [0.717, 1.165) is 47.7 Å². The summed E-state index contributed by atoms with van der Waals surface area (Å²) in [7, 11) is 0. The number of amides is 1. The number of carbonyl (C=O) groups is 1. The van der Waals surface area contributed by atoms with Crippen LogP contribution in [0.1, 0.15) is 87.0 Å². The minimum absolute atomic E-state index is 0.0845. The SMILES string of the molecule is CCC(CC)CCC(C)CNC(=O)c1nn(C2=CCC(C)C=C2Cl)c2c1Cc1cc(C)ccc1-2. The molecule has 0 radical (unpaired) electrons. The van der Waals surface area contributed by atoms with Crippen molar-refractivity contribution in [1.29, 1.82) is 0 Å². The Morgan fingerprint density at radius 2 is 2.03 bits per heavy atom. The molecule has 4 nitrogen and oxygen atoms in total. The Bertz CT molecular complexity index is 1120. The van der Waals surface area contributed by atoms with Crippen LogP contribution < -0.4 is 5.32 Å². The summed E-state index contributed by atoms with van der Waals surface area (Å²) >= 11 is 6.67. The fourth-order valence-electron chi connectivity index (χ4n) is 5.20. The number of aromatic nitrogens is 2. The largest absolute Gasteiger partial charge is 0.350 e. The van der Waals surface area contributed by atoms with Crippen LogP contribution in [-0.2, 0) is 6.42 Å². The predicted octanol–water partition coefficient (Wildman–Crippen LogP) is 7.35. The molecule has 0 saturated heterocycles. The van der Waals surface area contributed by atoms with Gasteiger partial charge in [-0.15, -0.1) is 0 Å². The number of hydrogen-bond acceptors (Lipinski definition) is 2. The molecule has 2 unspecified atom stereocenters. The molecule has 1 aromatic heterocycles. The standard InChI is InChI=1S/C29H38ClN3O/c1-6-21(7-2)11-8-20(5)17-31-29(34)27-24-16-22-14-18(3)9-12-23(22)28(24)33(32-27)26-13-10-19(4)15-25(26)30/h9,12-15,19-21H,6-8,10-11,16-17H2,1-5H3,(H,31,34). The van der Waals surface area contributed by atoms with Gasteiger partial charge in [0.25, 0.3) is 5.91 Å². The van der Waals surface area contributed by atoms with Gasteiger partial charge < -0.3 is 5.32 Å². The molecule has 2 atom stereocenters. The number of allylic oxidation sites excluding steroid dienone is 4. The van der Waals surface area contributed by atoms with E-state index in [2.05, 4.69) is 70.3 Å². The van der Waals surface area contributed by atoms with Crippen molar-refractivity contribution in [3.63, 3.8) is 0 Å². The summed E-state index contributed by atoms with van der Waals surface area (Å²) in [6, 6.07) is 6.50. The van der Waals surface area contributed by atoms with Crippen LogP contribution in [0, 0.1) is 24.7 Å². The number of aryl methyl sites for hydroxylation is 1. The lowest BCUT2D eigenvalue weighted by atomic mass is 9.93. The Kier molecular flexibility index (Phi) is 7.67. The first-order valence-corrected chi connectivity index (χ1v) is 13.3. The highest BCUT2D eigenvalue weighted by Crippen LogP contribution is 2.42. The summed E-state index contributed by atoms with van der Waals surface area (Å²) in [5.41, 5.74) is 7.04. The number of nitrogens with zero attached hydrogens (tertiary/aromatic N) is 2.